The van der Waals surface area contributed by atoms with Crippen LogP contribution in [0.5, 0.6) is 0 Å². The Morgan fingerprint density at radius 2 is 1.44 bits per heavy atom. The highest BCUT2D eigenvalue weighted by Gasteiger charge is 2.14. The third-order valence-electron chi connectivity index (χ3n) is 3.71. The molecule has 16 heavy (non-hydrogen) atoms. The van der Waals surface area contributed by atoms with E-state index in [1.54, 1.807) is 0 Å². The third-order valence-corrected chi connectivity index (χ3v) is 3.71. The highest BCUT2D eigenvalue weighted by molar-refractivity contribution is 5.00. The molecule has 0 aliphatic heterocycles. The zero-order valence-electron chi connectivity index (χ0n) is 10.1. The number of nitrogens with zero attached hydrogens (tertiary/aromatic N) is 2. The summed E-state index contributed by atoms with van der Waals surface area (Å²) in [4.78, 5) is 0. The maximum absolute atomic E-state index is 4.25. The van der Waals surface area contributed by atoms with Crippen molar-refractivity contribution in [2.24, 2.45) is 0 Å². The molecule has 0 unspecified atom stereocenters. The fourth-order valence-electron chi connectivity index (χ4n) is 2.69. The van der Waals surface area contributed by atoms with Crippen LogP contribution < -0.4 is 0 Å². The van der Waals surface area contributed by atoms with Gasteiger partial charge in [0, 0.05) is 5.92 Å². The van der Waals surface area contributed by atoms with Gasteiger partial charge in [0.05, 0.1) is 11.9 Å². The molecule has 0 atom stereocenters. The lowest BCUT2D eigenvalue weighted by Crippen LogP contribution is -2.00. The van der Waals surface area contributed by atoms with Crippen molar-refractivity contribution in [3.8, 4) is 0 Å². The minimum atomic E-state index is 0.650. The van der Waals surface area contributed by atoms with E-state index in [-0.39, 0.29) is 0 Å². The van der Waals surface area contributed by atoms with E-state index >= 15 is 0 Å². The molecule has 3 heteroatoms. The van der Waals surface area contributed by atoms with Crippen LogP contribution in [0.4, 0.5) is 0 Å². The molecule has 0 amide bonds. The van der Waals surface area contributed by atoms with Crippen molar-refractivity contribution in [1.29, 1.82) is 0 Å². The second-order valence-electron chi connectivity index (χ2n) is 5.00. The first-order valence-corrected chi connectivity index (χ1v) is 6.82. The minimum Gasteiger partial charge on any atom is -0.198 e. The Labute approximate surface area is 98.0 Å². The molecule has 1 aliphatic carbocycles. The van der Waals surface area contributed by atoms with E-state index in [0.717, 1.165) is 0 Å². The molecule has 1 aliphatic rings. The van der Waals surface area contributed by atoms with Gasteiger partial charge in [-0.2, -0.15) is 15.4 Å². The van der Waals surface area contributed by atoms with Gasteiger partial charge in [0.1, 0.15) is 0 Å². The molecular weight excluding hydrogens is 198 g/mol. The van der Waals surface area contributed by atoms with Crippen molar-refractivity contribution in [3.05, 3.63) is 11.9 Å². The van der Waals surface area contributed by atoms with Gasteiger partial charge in [0.2, 0.25) is 0 Å². The summed E-state index contributed by atoms with van der Waals surface area (Å²) in [7, 11) is 0. The summed E-state index contributed by atoms with van der Waals surface area (Å²) in [5, 5.41) is 10.9. The Morgan fingerprint density at radius 1 is 0.875 bits per heavy atom. The molecule has 3 nitrogen and oxygen atoms in total. The van der Waals surface area contributed by atoms with Crippen LogP contribution >= 0.6 is 0 Å². The highest BCUT2D eigenvalue weighted by atomic mass is 15.3. The summed E-state index contributed by atoms with van der Waals surface area (Å²) < 4.78 is 0. The Hall–Kier alpha value is -0.860. The van der Waals surface area contributed by atoms with Gasteiger partial charge in [-0.15, -0.1) is 0 Å². The van der Waals surface area contributed by atoms with E-state index < -0.39 is 0 Å². The van der Waals surface area contributed by atoms with Crippen LogP contribution in [0.15, 0.2) is 6.20 Å². The lowest BCUT2D eigenvalue weighted by molar-refractivity contribution is 0.504. The van der Waals surface area contributed by atoms with Gasteiger partial charge < -0.3 is 0 Å². The fourth-order valence-corrected chi connectivity index (χ4v) is 2.69. The molecule has 1 fully saturated rings. The topological polar surface area (TPSA) is 41.6 Å². The number of aromatic nitrogens is 3. The van der Waals surface area contributed by atoms with Crippen LogP contribution in [0, 0.1) is 0 Å². The van der Waals surface area contributed by atoms with E-state index in [4.69, 9.17) is 0 Å². The first-order chi connectivity index (χ1) is 7.97. The van der Waals surface area contributed by atoms with E-state index in [2.05, 4.69) is 15.4 Å². The fraction of sp³-hybridized carbons (Fsp3) is 0.846. The van der Waals surface area contributed by atoms with Crippen molar-refractivity contribution in [3.63, 3.8) is 0 Å². The molecule has 2 rings (SSSR count). The van der Waals surface area contributed by atoms with Crippen molar-refractivity contribution in [1.82, 2.24) is 15.4 Å². The van der Waals surface area contributed by atoms with Crippen molar-refractivity contribution >= 4 is 0 Å². The SMILES string of the molecule is c1n[nH]nc1C1CCCCCCCCCC1. The Balaban J connectivity index is 1.88. The number of rotatable bonds is 1. The van der Waals surface area contributed by atoms with Gasteiger partial charge in [-0.25, -0.2) is 0 Å². The van der Waals surface area contributed by atoms with E-state index in [1.165, 1.54) is 69.9 Å². The Kier molecular flexibility index (Phi) is 4.84. The standard InChI is InChI=1S/C13H23N3/c1-2-4-6-8-10-12(9-7-5-3-1)13-11-14-16-15-13/h11-12H,1-10H2,(H,14,15,16). The summed E-state index contributed by atoms with van der Waals surface area (Å²) in [5.74, 6) is 0.650. The number of aromatic amines is 1. The van der Waals surface area contributed by atoms with Gasteiger partial charge in [0.25, 0.3) is 0 Å². The molecule has 90 valence electrons. The first kappa shape index (κ1) is 11.6. The van der Waals surface area contributed by atoms with Crippen LogP contribution in [0.25, 0.3) is 0 Å². The maximum atomic E-state index is 4.25. The van der Waals surface area contributed by atoms with Crippen molar-refractivity contribution < 1.29 is 0 Å². The number of nitrogens with one attached hydrogen (secondary N) is 1. The molecule has 0 bridgehead atoms. The molecule has 0 radical (unpaired) electrons. The molecular formula is C13H23N3. The summed E-state index contributed by atoms with van der Waals surface area (Å²) in [6.07, 6.45) is 15.7. The summed E-state index contributed by atoms with van der Waals surface area (Å²) >= 11 is 0. The molecule has 1 aromatic rings. The van der Waals surface area contributed by atoms with E-state index in [0.29, 0.717) is 5.92 Å². The highest BCUT2D eigenvalue weighted by Crippen LogP contribution is 2.27. The zero-order valence-corrected chi connectivity index (χ0v) is 10.1. The van der Waals surface area contributed by atoms with Gasteiger partial charge in [0.15, 0.2) is 0 Å². The first-order valence-electron chi connectivity index (χ1n) is 6.82. The predicted molar refractivity (Wildman–Crippen MR) is 65.3 cm³/mol. The average molecular weight is 221 g/mol. The monoisotopic (exact) mass is 221 g/mol. The third kappa shape index (κ3) is 3.62. The van der Waals surface area contributed by atoms with Gasteiger partial charge in [-0.05, 0) is 12.8 Å². The van der Waals surface area contributed by atoms with Gasteiger partial charge >= 0.3 is 0 Å². The van der Waals surface area contributed by atoms with Crippen molar-refractivity contribution in [2.75, 3.05) is 0 Å². The second kappa shape index (κ2) is 6.66. The van der Waals surface area contributed by atoms with Crippen LogP contribution in [-0.4, -0.2) is 15.4 Å². The molecule has 0 spiro atoms. The average Bonchev–Trinajstić information content (AvgIpc) is 2.79. The normalized spacial score (nSPS) is 21.5. The van der Waals surface area contributed by atoms with Gasteiger partial charge in [-0.1, -0.05) is 51.4 Å². The lowest BCUT2D eigenvalue weighted by atomic mass is 9.93. The second-order valence-corrected chi connectivity index (χ2v) is 5.00. The number of hydrogen-bond donors (Lipinski definition) is 1. The van der Waals surface area contributed by atoms with Crippen LogP contribution in [0.2, 0.25) is 0 Å². The summed E-state index contributed by atoms with van der Waals surface area (Å²) in [6.45, 7) is 0. The molecule has 1 N–H and O–H groups in total. The molecule has 1 aromatic heterocycles. The Morgan fingerprint density at radius 3 is 1.94 bits per heavy atom. The van der Waals surface area contributed by atoms with E-state index in [1.807, 2.05) is 6.20 Å². The smallest absolute Gasteiger partial charge is 0.0855 e. The zero-order chi connectivity index (χ0) is 11.1. The van der Waals surface area contributed by atoms with Crippen molar-refractivity contribution in [2.45, 2.75) is 70.1 Å². The maximum Gasteiger partial charge on any atom is 0.0855 e. The van der Waals surface area contributed by atoms with Crippen LogP contribution in [0.3, 0.4) is 0 Å². The number of H-pyrrole nitrogens is 1. The molecule has 0 aromatic carbocycles. The van der Waals surface area contributed by atoms with Crippen LogP contribution in [0.1, 0.15) is 75.8 Å². The predicted octanol–water partition coefficient (Wildman–Crippen LogP) is 3.80. The number of hydrogen-bond acceptors (Lipinski definition) is 2. The van der Waals surface area contributed by atoms with Crippen LogP contribution in [-0.2, 0) is 0 Å². The van der Waals surface area contributed by atoms with Gasteiger partial charge in [-0.3, -0.25) is 0 Å². The minimum absolute atomic E-state index is 0.650. The molecule has 0 saturated heterocycles. The Bertz CT molecular complexity index is 257. The molecule has 1 saturated carbocycles. The lowest BCUT2D eigenvalue weighted by Gasteiger charge is -2.13. The molecule has 1 heterocycles. The quantitative estimate of drug-likeness (QED) is 0.783. The summed E-state index contributed by atoms with van der Waals surface area (Å²) in [6, 6.07) is 0. The largest absolute Gasteiger partial charge is 0.198 e. The summed E-state index contributed by atoms with van der Waals surface area (Å²) in [5.41, 5.74) is 1.18. The van der Waals surface area contributed by atoms with E-state index in [9.17, 15) is 0 Å².